The summed E-state index contributed by atoms with van der Waals surface area (Å²) in [4.78, 5) is 0. The van der Waals surface area contributed by atoms with Crippen LogP contribution in [0.1, 0.15) is 23.6 Å². The predicted octanol–water partition coefficient (Wildman–Crippen LogP) is 6.40. The molecular formula is C27H27ClN2O4. The van der Waals surface area contributed by atoms with Crippen molar-refractivity contribution in [1.82, 2.24) is 0 Å². The van der Waals surface area contributed by atoms with Gasteiger partial charge in [0.1, 0.15) is 23.0 Å². The second kappa shape index (κ2) is 10.5. The van der Waals surface area contributed by atoms with Gasteiger partial charge in [0.05, 0.1) is 45.9 Å². The third-order valence-corrected chi connectivity index (χ3v) is 5.94. The average molecular weight is 479 g/mol. The fourth-order valence-electron chi connectivity index (χ4n) is 3.97. The molecule has 0 amide bonds. The molecule has 0 fully saturated rings. The quantitative estimate of drug-likeness (QED) is 0.375. The van der Waals surface area contributed by atoms with Gasteiger partial charge >= 0.3 is 0 Å². The van der Waals surface area contributed by atoms with Gasteiger partial charge in [-0.1, -0.05) is 17.7 Å². The van der Waals surface area contributed by atoms with E-state index in [1.165, 1.54) is 0 Å². The summed E-state index contributed by atoms with van der Waals surface area (Å²) in [6.07, 6.45) is 4.70. The average Bonchev–Trinajstić information content (AvgIpc) is 3.31. The van der Waals surface area contributed by atoms with Gasteiger partial charge in [-0.15, -0.1) is 0 Å². The number of hydrazone groups is 1. The molecule has 3 aromatic carbocycles. The Morgan fingerprint density at radius 1 is 0.824 bits per heavy atom. The molecule has 1 atom stereocenters. The number of ether oxygens (including phenoxy) is 4. The number of rotatable bonds is 8. The zero-order chi connectivity index (χ0) is 24.1. The maximum Gasteiger partial charge on any atom is 0.129 e. The maximum atomic E-state index is 6.30. The van der Waals surface area contributed by atoms with Crippen molar-refractivity contribution in [2.75, 3.05) is 33.4 Å². The van der Waals surface area contributed by atoms with Crippen LogP contribution in [-0.4, -0.2) is 34.2 Å². The Labute approximate surface area is 205 Å². The van der Waals surface area contributed by atoms with E-state index in [2.05, 4.69) is 0 Å². The van der Waals surface area contributed by atoms with E-state index in [1.807, 2.05) is 77.8 Å². The predicted molar refractivity (Wildman–Crippen MR) is 137 cm³/mol. The van der Waals surface area contributed by atoms with Crippen molar-refractivity contribution in [3.05, 3.63) is 82.9 Å². The molecule has 1 heterocycles. The van der Waals surface area contributed by atoms with Crippen LogP contribution in [0.15, 0.2) is 71.8 Å². The number of nitrogens with zero attached hydrogens (tertiary/aromatic N) is 2. The molecule has 176 valence electrons. The van der Waals surface area contributed by atoms with Gasteiger partial charge in [0.2, 0.25) is 0 Å². The SMILES string of the molecule is COc1ccc(C=CC2=NN(c3cccc(Cl)c3)C(c3ccc(OC)cc3OC)C2)c(OC)c1. The van der Waals surface area contributed by atoms with Crippen LogP contribution in [0.5, 0.6) is 23.0 Å². The van der Waals surface area contributed by atoms with E-state index < -0.39 is 0 Å². The van der Waals surface area contributed by atoms with Gasteiger partial charge in [-0.25, -0.2) is 0 Å². The molecule has 0 spiro atoms. The number of allylic oxidation sites excluding steroid dienone is 1. The smallest absolute Gasteiger partial charge is 0.129 e. The van der Waals surface area contributed by atoms with E-state index in [1.54, 1.807) is 28.4 Å². The van der Waals surface area contributed by atoms with Crippen LogP contribution in [0.3, 0.4) is 0 Å². The molecule has 0 bridgehead atoms. The number of methoxy groups -OCH3 is 4. The molecule has 1 aliphatic rings. The van der Waals surface area contributed by atoms with Crippen LogP contribution in [0, 0.1) is 0 Å². The molecule has 0 N–H and O–H groups in total. The lowest BCUT2D eigenvalue weighted by atomic mass is 9.99. The molecule has 0 saturated heterocycles. The summed E-state index contributed by atoms with van der Waals surface area (Å²) in [7, 11) is 6.58. The first kappa shape index (κ1) is 23.5. The van der Waals surface area contributed by atoms with Crippen LogP contribution in [0.4, 0.5) is 5.69 Å². The highest BCUT2D eigenvalue weighted by Crippen LogP contribution is 2.41. The molecule has 1 aliphatic heterocycles. The molecule has 3 aromatic rings. The molecule has 6 nitrogen and oxygen atoms in total. The van der Waals surface area contributed by atoms with Crippen molar-refractivity contribution in [2.24, 2.45) is 5.10 Å². The van der Waals surface area contributed by atoms with Crippen LogP contribution in [-0.2, 0) is 0 Å². The Morgan fingerprint density at radius 3 is 2.21 bits per heavy atom. The van der Waals surface area contributed by atoms with E-state index in [0.717, 1.165) is 45.5 Å². The maximum absolute atomic E-state index is 6.30. The first-order chi connectivity index (χ1) is 16.6. The lowest BCUT2D eigenvalue weighted by molar-refractivity contribution is 0.388. The van der Waals surface area contributed by atoms with Gasteiger partial charge in [0.25, 0.3) is 0 Å². The summed E-state index contributed by atoms with van der Waals surface area (Å²) in [6.45, 7) is 0. The van der Waals surface area contributed by atoms with Crippen LogP contribution in [0.2, 0.25) is 5.02 Å². The summed E-state index contributed by atoms with van der Waals surface area (Å²) in [5.41, 5.74) is 3.77. The van der Waals surface area contributed by atoms with Gasteiger partial charge in [-0.2, -0.15) is 5.10 Å². The molecule has 0 saturated carbocycles. The van der Waals surface area contributed by atoms with Crippen molar-refractivity contribution in [3.8, 4) is 23.0 Å². The molecule has 1 unspecified atom stereocenters. The second-order valence-corrected chi connectivity index (χ2v) is 8.12. The first-order valence-corrected chi connectivity index (χ1v) is 11.2. The van der Waals surface area contributed by atoms with Crippen molar-refractivity contribution < 1.29 is 18.9 Å². The van der Waals surface area contributed by atoms with Gasteiger partial charge < -0.3 is 18.9 Å². The summed E-state index contributed by atoms with van der Waals surface area (Å²) in [5.74, 6) is 2.95. The van der Waals surface area contributed by atoms with Gasteiger partial charge in [0, 0.05) is 34.7 Å². The highest BCUT2D eigenvalue weighted by atomic mass is 35.5. The van der Waals surface area contributed by atoms with E-state index in [4.69, 9.17) is 35.6 Å². The molecule has 0 aromatic heterocycles. The van der Waals surface area contributed by atoms with Crippen LogP contribution >= 0.6 is 11.6 Å². The van der Waals surface area contributed by atoms with E-state index >= 15 is 0 Å². The Morgan fingerprint density at radius 2 is 1.53 bits per heavy atom. The van der Waals surface area contributed by atoms with Gasteiger partial charge in [-0.05, 0) is 54.6 Å². The van der Waals surface area contributed by atoms with Crippen LogP contribution in [0.25, 0.3) is 6.08 Å². The number of hydrogen-bond donors (Lipinski definition) is 0. The van der Waals surface area contributed by atoms with Crippen molar-refractivity contribution >= 4 is 29.1 Å². The number of halogens is 1. The highest BCUT2D eigenvalue weighted by molar-refractivity contribution is 6.30. The molecule has 0 aliphatic carbocycles. The Hall–Kier alpha value is -3.64. The largest absolute Gasteiger partial charge is 0.497 e. The zero-order valence-electron chi connectivity index (χ0n) is 19.6. The molecule has 4 rings (SSSR count). The monoisotopic (exact) mass is 478 g/mol. The summed E-state index contributed by atoms with van der Waals surface area (Å²) in [6, 6.07) is 19.2. The molecule has 7 heteroatoms. The normalized spacial score (nSPS) is 15.4. The van der Waals surface area contributed by atoms with Gasteiger partial charge in [-0.3, -0.25) is 5.01 Å². The minimum atomic E-state index is -0.0725. The van der Waals surface area contributed by atoms with Crippen molar-refractivity contribution in [1.29, 1.82) is 0 Å². The van der Waals surface area contributed by atoms with E-state index in [0.29, 0.717) is 11.4 Å². The van der Waals surface area contributed by atoms with E-state index in [9.17, 15) is 0 Å². The number of hydrogen-bond acceptors (Lipinski definition) is 6. The summed E-state index contributed by atoms with van der Waals surface area (Å²) >= 11 is 6.30. The lowest BCUT2D eigenvalue weighted by Gasteiger charge is -2.25. The Bertz CT molecular complexity index is 1230. The molecular weight excluding hydrogens is 452 g/mol. The zero-order valence-corrected chi connectivity index (χ0v) is 20.4. The summed E-state index contributed by atoms with van der Waals surface area (Å²) in [5, 5.41) is 7.57. The number of benzene rings is 3. The minimum Gasteiger partial charge on any atom is -0.497 e. The fourth-order valence-corrected chi connectivity index (χ4v) is 4.15. The second-order valence-electron chi connectivity index (χ2n) is 7.68. The van der Waals surface area contributed by atoms with Crippen LogP contribution < -0.4 is 24.0 Å². The van der Waals surface area contributed by atoms with Gasteiger partial charge in [0.15, 0.2) is 0 Å². The lowest BCUT2D eigenvalue weighted by Crippen LogP contribution is -2.19. The third-order valence-electron chi connectivity index (χ3n) is 5.70. The highest BCUT2D eigenvalue weighted by Gasteiger charge is 2.31. The van der Waals surface area contributed by atoms with Crippen molar-refractivity contribution in [3.63, 3.8) is 0 Å². The Balaban J connectivity index is 1.70. The third kappa shape index (κ3) is 4.97. The standard InChI is InChI=1S/C27H27ClN2O4/c1-31-22-11-9-18(26(16-22)33-3)8-10-20-15-25(24-13-12-23(32-2)17-27(24)34-4)30(29-20)21-7-5-6-19(28)14-21/h5-14,16-17,25H,15H2,1-4H3. The van der Waals surface area contributed by atoms with E-state index in [-0.39, 0.29) is 6.04 Å². The molecule has 34 heavy (non-hydrogen) atoms. The summed E-state index contributed by atoms with van der Waals surface area (Å²) < 4.78 is 21.9. The fraction of sp³-hybridized carbons (Fsp3) is 0.222. The minimum absolute atomic E-state index is 0.0725. The Kier molecular flexibility index (Phi) is 7.28. The topological polar surface area (TPSA) is 52.5 Å². The van der Waals surface area contributed by atoms with Crippen molar-refractivity contribution in [2.45, 2.75) is 12.5 Å². The number of anilines is 1. The molecule has 0 radical (unpaired) electrons. The first-order valence-electron chi connectivity index (χ1n) is 10.8.